The lowest BCUT2D eigenvalue weighted by Crippen LogP contribution is -2.48. The number of amides is 1. The van der Waals surface area contributed by atoms with Crippen LogP contribution < -0.4 is 15.5 Å². The molecule has 112 valence electrons. The van der Waals surface area contributed by atoms with Crippen LogP contribution in [-0.2, 0) is 11.3 Å². The minimum Gasteiger partial charge on any atom is -0.353 e. The number of hydrogen-bond donors (Lipinski definition) is 2. The summed E-state index contributed by atoms with van der Waals surface area (Å²) in [6.45, 7) is 8.40. The smallest absolute Gasteiger partial charge is 0.307 e. The van der Waals surface area contributed by atoms with Crippen molar-refractivity contribution >= 4 is 17.2 Å². The maximum absolute atomic E-state index is 12.0. The molecule has 6 heteroatoms. The second kappa shape index (κ2) is 6.54. The van der Waals surface area contributed by atoms with Gasteiger partial charge < -0.3 is 15.2 Å². The van der Waals surface area contributed by atoms with Crippen molar-refractivity contribution in [3.8, 4) is 0 Å². The fourth-order valence-corrected chi connectivity index (χ4v) is 3.42. The van der Waals surface area contributed by atoms with E-state index in [-0.39, 0.29) is 16.8 Å². The number of rotatable bonds is 4. The molecule has 2 unspecified atom stereocenters. The Morgan fingerprint density at radius 1 is 1.50 bits per heavy atom. The third-order valence-electron chi connectivity index (χ3n) is 4.07. The van der Waals surface area contributed by atoms with Gasteiger partial charge in [-0.05, 0) is 39.3 Å². The molecule has 1 aliphatic rings. The average Bonchev–Trinajstić information content (AvgIpc) is 2.64. The van der Waals surface area contributed by atoms with Crippen molar-refractivity contribution in [2.24, 2.45) is 5.92 Å². The summed E-state index contributed by atoms with van der Waals surface area (Å²) in [6.07, 6.45) is 1.34. The highest BCUT2D eigenvalue weighted by Gasteiger charge is 2.22. The normalized spacial score (nSPS) is 22.8. The summed E-state index contributed by atoms with van der Waals surface area (Å²) in [5.74, 6) is 0.499. The summed E-state index contributed by atoms with van der Waals surface area (Å²) < 4.78 is 1.70. The van der Waals surface area contributed by atoms with Gasteiger partial charge in [0.05, 0.1) is 0 Å². The first-order chi connectivity index (χ1) is 9.49. The molecule has 1 saturated heterocycles. The van der Waals surface area contributed by atoms with Crippen molar-refractivity contribution in [1.82, 2.24) is 15.2 Å². The molecule has 0 saturated carbocycles. The second-order valence-corrected chi connectivity index (χ2v) is 6.72. The summed E-state index contributed by atoms with van der Waals surface area (Å²) in [6, 6.07) is 0.255. The van der Waals surface area contributed by atoms with Crippen molar-refractivity contribution in [1.29, 1.82) is 0 Å². The maximum Gasteiger partial charge on any atom is 0.307 e. The first kappa shape index (κ1) is 15.3. The fourth-order valence-electron chi connectivity index (χ4n) is 2.57. The first-order valence-corrected chi connectivity index (χ1v) is 7.97. The number of nitrogens with zero attached hydrogens (tertiary/aromatic N) is 1. The molecule has 2 atom stereocenters. The van der Waals surface area contributed by atoms with E-state index in [1.54, 1.807) is 4.57 Å². The average molecular weight is 297 g/mol. The van der Waals surface area contributed by atoms with Gasteiger partial charge in [0.1, 0.15) is 0 Å². The standard InChI is InChI=1S/C14H23N3O2S/c1-9-8-15-6-4-12(9)16-13(18)5-7-17-10(2)11(3)20-14(17)19/h9,12,15H,4-8H2,1-3H3,(H,16,18). The van der Waals surface area contributed by atoms with Crippen LogP contribution >= 0.6 is 11.3 Å². The quantitative estimate of drug-likeness (QED) is 0.872. The number of aryl methyl sites for hydroxylation is 1. The molecule has 0 radical (unpaired) electrons. The predicted molar refractivity (Wildman–Crippen MR) is 81.3 cm³/mol. The van der Waals surface area contributed by atoms with Gasteiger partial charge in [-0.15, -0.1) is 0 Å². The van der Waals surface area contributed by atoms with Crippen LogP contribution in [-0.4, -0.2) is 29.6 Å². The molecule has 5 nitrogen and oxygen atoms in total. The fraction of sp³-hybridized carbons (Fsp3) is 0.714. The zero-order valence-corrected chi connectivity index (χ0v) is 13.2. The first-order valence-electron chi connectivity index (χ1n) is 7.16. The highest BCUT2D eigenvalue weighted by atomic mass is 32.1. The monoisotopic (exact) mass is 297 g/mol. The Bertz CT molecular complexity index is 535. The topological polar surface area (TPSA) is 63.1 Å². The van der Waals surface area contributed by atoms with Crippen molar-refractivity contribution in [2.45, 2.75) is 46.2 Å². The molecule has 1 aliphatic heterocycles. The number of thiazole rings is 1. The molecular formula is C14H23N3O2S. The van der Waals surface area contributed by atoms with Crippen molar-refractivity contribution in [3.63, 3.8) is 0 Å². The van der Waals surface area contributed by atoms with Gasteiger partial charge >= 0.3 is 4.87 Å². The van der Waals surface area contributed by atoms with Crippen LogP contribution in [0.2, 0.25) is 0 Å². The van der Waals surface area contributed by atoms with Crippen LogP contribution in [0, 0.1) is 19.8 Å². The molecule has 0 bridgehead atoms. The molecule has 20 heavy (non-hydrogen) atoms. The predicted octanol–water partition coefficient (Wildman–Crippen LogP) is 1.03. The van der Waals surface area contributed by atoms with E-state index in [0.29, 0.717) is 18.9 Å². The molecule has 1 aromatic rings. The maximum atomic E-state index is 12.0. The van der Waals surface area contributed by atoms with Gasteiger partial charge in [-0.25, -0.2) is 0 Å². The zero-order valence-electron chi connectivity index (χ0n) is 12.4. The SMILES string of the molecule is Cc1sc(=O)n(CCC(=O)NC2CCNCC2C)c1C. The van der Waals surface area contributed by atoms with Gasteiger partial charge in [0.2, 0.25) is 5.91 Å². The van der Waals surface area contributed by atoms with E-state index in [1.165, 1.54) is 11.3 Å². The highest BCUT2D eigenvalue weighted by molar-refractivity contribution is 7.09. The molecule has 2 rings (SSSR count). The number of piperidine rings is 1. The zero-order chi connectivity index (χ0) is 14.7. The molecule has 2 N–H and O–H groups in total. The van der Waals surface area contributed by atoms with E-state index < -0.39 is 0 Å². The molecule has 0 aromatic carbocycles. The molecule has 0 spiro atoms. The van der Waals surface area contributed by atoms with Gasteiger partial charge in [0.25, 0.3) is 0 Å². The lowest BCUT2D eigenvalue weighted by Gasteiger charge is -2.30. The molecule has 1 aromatic heterocycles. The Hall–Kier alpha value is -1.14. The van der Waals surface area contributed by atoms with Crippen LogP contribution in [0.1, 0.15) is 30.3 Å². The summed E-state index contributed by atoms with van der Waals surface area (Å²) in [7, 11) is 0. The van der Waals surface area contributed by atoms with Gasteiger partial charge in [-0.3, -0.25) is 9.59 Å². The van der Waals surface area contributed by atoms with E-state index in [1.807, 2.05) is 13.8 Å². The van der Waals surface area contributed by atoms with Gasteiger partial charge in [-0.1, -0.05) is 18.3 Å². The Morgan fingerprint density at radius 3 is 2.85 bits per heavy atom. The molecule has 0 aliphatic carbocycles. The van der Waals surface area contributed by atoms with Crippen LogP contribution in [0.3, 0.4) is 0 Å². The van der Waals surface area contributed by atoms with Gasteiger partial charge in [0.15, 0.2) is 0 Å². The largest absolute Gasteiger partial charge is 0.353 e. The van der Waals surface area contributed by atoms with E-state index in [9.17, 15) is 9.59 Å². The van der Waals surface area contributed by atoms with Gasteiger partial charge in [0, 0.05) is 29.6 Å². The molecular weight excluding hydrogens is 274 g/mol. The Morgan fingerprint density at radius 2 is 2.25 bits per heavy atom. The van der Waals surface area contributed by atoms with E-state index in [2.05, 4.69) is 17.6 Å². The molecule has 1 fully saturated rings. The number of carbonyl (C=O) groups excluding carboxylic acids is 1. The lowest BCUT2D eigenvalue weighted by atomic mass is 9.95. The summed E-state index contributed by atoms with van der Waals surface area (Å²) in [4.78, 5) is 24.8. The minimum absolute atomic E-state index is 0.0306. The minimum atomic E-state index is 0.0306. The Balaban J connectivity index is 1.87. The van der Waals surface area contributed by atoms with E-state index >= 15 is 0 Å². The summed E-state index contributed by atoms with van der Waals surface area (Å²) in [5, 5.41) is 6.41. The third kappa shape index (κ3) is 3.49. The Labute approximate surface area is 123 Å². The molecule has 2 heterocycles. The number of aromatic nitrogens is 1. The van der Waals surface area contributed by atoms with Crippen molar-refractivity contribution < 1.29 is 4.79 Å². The molecule has 1 amide bonds. The second-order valence-electron chi connectivity index (χ2n) is 5.56. The summed E-state index contributed by atoms with van der Waals surface area (Å²) in [5.41, 5.74) is 0.975. The van der Waals surface area contributed by atoms with Crippen LogP contribution in [0.5, 0.6) is 0 Å². The number of hydrogen-bond acceptors (Lipinski definition) is 4. The number of carbonyl (C=O) groups is 1. The van der Waals surface area contributed by atoms with Crippen molar-refractivity contribution in [3.05, 3.63) is 20.2 Å². The van der Waals surface area contributed by atoms with E-state index in [0.717, 1.165) is 30.1 Å². The third-order valence-corrected chi connectivity index (χ3v) is 5.07. The summed E-state index contributed by atoms with van der Waals surface area (Å²) >= 11 is 1.25. The van der Waals surface area contributed by atoms with Crippen LogP contribution in [0.4, 0.5) is 0 Å². The van der Waals surface area contributed by atoms with Crippen LogP contribution in [0.15, 0.2) is 4.79 Å². The van der Waals surface area contributed by atoms with Gasteiger partial charge in [-0.2, -0.15) is 0 Å². The van der Waals surface area contributed by atoms with E-state index in [4.69, 9.17) is 0 Å². The van der Waals surface area contributed by atoms with Crippen LogP contribution in [0.25, 0.3) is 0 Å². The lowest BCUT2D eigenvalue weighted by molar-refractivity contribution is -0.122. The number of nitrogens with one attached hydrogen (secondary N) is 2. The Kier molecular flexibility index (Phi) is 4.99. The van der Waals surface area contributed by atoms with Crippen molar-refractivity contribution in [2.75, 3.05) is 13.1 Å². The highest BCUT2D eigenvalue weighted by Crippen LogP contribution is 2.12.